The van der Waals surface area contributed by atoms with Crippen molar-refractivity contribution in [3.05, 3.63) is 18.0 Å². The Balaban J connectivity index is 2.14. The van der Waals surface area contributed by atoms with E-state index in [0.29, 0.717) is 13.1 Å². The van der Waals surface area contributed by atoms with Gasteiger partial charge in [0.1, 0.15) is 0 Å². The molecule has 1 aliphatic heterocycles. The molecule has 1 unspecified atom stereocenters. The average molecular weight is 270 g/mol. The zero-order valence-corrected chi connectivity index (χ0v) is 11.4. The van der Waals surface area contributed by atoms with Crippen LogP contribution in [0.1, 0.15) is 31.9 Å². The number of nitrogen functional groups attached to an aromatic ring is 1. The Morgan fingerprint density at radius 1 is 1.50 bits per heavy atom. The van der Waals surface area contributed by atoms with Crippen molar-refractivity contribution >= 4 is 16.0 Å². The summed E-state index contributed by atoms with van der Waals surface area (Å²) in [6.07, 6.45) is 2.39. The first kappa shape index (κ1) is 13.2. The first-order valence-corrected chi connectivity index (χ1v) is 7.49. The molecule has 1 fully saturated rings. The van der Waals surface area contributed by atoms with E-state index in [1.165, 1.54) is 0 Å². The highest BCUT2D eigenvalue weighted by molar-refractivity contribution is 7.89. The van der Waals surface area contributed by atoms with E-state index in [2.05, 4.69) is 9.97 Å². The van der Waals surface area contributed by atoms with E-state index < -0.39 is 10.0 Å². The minimum atomic E-state index is -3.17. The Kier molecular flexibility index (Phi) is 3.54. The number of hydrogen-bond donors (Lipinski definition) is 1. The molecular weight excluding hydrogens is 252 g/mol. The van der Waals surface area contributed by atoms with Crippen LogP contribution in [0.5, 0.6) is 0 Å². The van der Waals surface area contributed by atoms with Crippen molar-refractivity contribution in [1.29, 1.82) is 0 Å². The Hall–Kier alpha value is -1.21. The molecule has 0 bridgehead atoms. The highest BCUT2D eigenvalue weighted by Gasteiger charge is 2.34. The maximum absolute atomic E-state index is 12.0. The van der Waals surface area contributed by atoms with Gasteiger partial charge in [0.25, 0.3) is 0 Å². The fourth-order valence-electron chi connectivity index (χ4n) is 2.11. The zero-order valence-electron chi connectivity index (χ0n) is 10.6. The van der Waals surface area contributed by atoms with E-state index in [1.54, 1.807) is 30.4 Å². The van der Waals surface area contributed by atoms with Crippen LogP contribution in [0.3, 0.4) is 0 Å². The average Bonchev–Trinajstić information content (AvgIpc) is 2.78. The molecule has 18 heavy (non-hydrogen) atoms. The van der Waals surface area contributed by atoms with E-state index in [9.17, 15) is 8.42 Å². The molecule has 1 atom stereocenters. The molecule has 1 saturated heterocycles. The lowest BCUT2D eigenvalue weighted by molar-refractivity contribution is 0.465. The van der Waals surface area contributed by atoms with Crippen molar-refractivity contribution < 1.29 is 8.42 Å². The Bertz CT molecular complexity index is 530. The molecule has 100 valence electrons. The van der Waals surface area contributed by atoms with Gasteiger partial charge in [-0.2, -0.15) is 0 Å². The fraction of sp³-hybridized carbons (Fsp3) is 0.636. The van der Waals surface area contributed by atoms with Crippen LogP contribution >= 0.6 is 0 Å². The maximum atomic E-state index is 12.0. The Labute approximate surface area is 107 Å². The zero-order chi connectivity index (χ0) is 13.3. The normalized spacial score (nSPS) is 21.6. The molecule has 0 amide bonds. The lowest BCUT2D eigenvalue weighted by Gasteiger charge is -2.19. The van der Waals surface area contributed by atoms with Crippen LogP contribution in [-0.2, 0) is 10.0 Å². The second kappa shape index (κ2) is 4.81. The number of nitrogens with zero attached hydrogens (tertiary/aromatic N) is 3. The van der Waals surface area contributed by atoms with E-state index >= 15 is 0 Å². The van der Waals surface area contributed by atoms with E-state index in [1.807, 2.05) is 0 Å². The van der Waals surface area contributed by atoms with Gasteiger partial charge in [-0.15, -0.1) is 0 Å². The van der Waals surface area contributed by atoms with Crippen LogP contribution in [0.25, 0.3) is 0 Å². The van der Waals surface area contributed by atoms with Crippen molar-refractivity contribution in [3.63, 3.8) is 0 Å². The fourth-order valence-corrected chi connectivity index (χ4v) is 3.46. The van der Waals surface area contributed by atoms with Gasteiger partial charge >= 0.3 is 0 Å². The second-order valence-corrected chi connectivity index (χ2v) is 7.27. The van der Waals surface area contributed by atoms with Crippen LogP contribution in [0.2, 0.25) is 0 Å². The van der Waals surface area contributed by atoms with Crippen LogP contribution in [-0.4, -0.2) is 41.0 Å². The van der Waals surface area contributed by atoms with Gasteiger partial charge in [-0.3, -0.25) is 0 Å². The molecule has 6 nitrogen and oxygen atoms in total. The summed E-state index contributed by atoms with van der Waals surface area (Å²) in [5.74, 6) is 0.349. The third-order valence-corrected chi connectivity index (χ3v) is 5.46. The van der Waals surface area contributed by atoms with E-state index in [0.717, 1.165) is 12.1 Å². The van der Waals surface area contributed by atoms with Gasteiger partial charge < -0.3 is 5.73 Å². The molecule has 0 aromatic carbocycles. The number of nitrogens with two attached hydrogens (primary N) is 1. The minimum Gasteiger partial charge on any atom is -0.368 e. The monoisotopic (exact) mass is 270 g/mol. The predicted molar refractivity (Wildman–Crippen MR) is 69.4 cm³/mol. The highest BCUT2D eigenvalue weighted by atomic mass is 32.2. The summed E-state index contributed by atoms with van der Waals surface area (Å²) in [4.78, 5) is 8.00. The first-order chi connectivity index (χ1) is 8.41. The van der Waals surface area contributed by atoms with Crippen LogP contribution in [0.15, 0.2) is 12.3 Å². The largest absolute Gasteiger partial charge is 0.368 e. The predicted octanol–water partition coefficient (Wildman–Crippen LogP) is 0.586. The molecule has 7 heteroatoms. The smallest absolute Gasteiger partial charge is 0.220 e. The van der Waals surface area contributed by atoms with E-state index in [-0.39, 0.29) is 17.1 Å². The van der Waals surface area contributed by atoms with Gasteiger partial charge in [-0.1, -0.05) is 0 Å². The number of hydrogen-bond acceptors (Lipinski definition) is 5. The molecule has 0 spiro atoms. The van der Waals surface area contributed by atoms with Crippen molar-refractivity contribution in [3.8, 4) is 0 Å². The molecular formula is C11H18N4O2S. The maximum Gasteiger partial charge on any atom is 0.220 e. The quantitative estimate of drug-likeness (QED) is 0.868. The van der Waals surface area contributed by atoms with Crippen LogP contribution in [0, 0.1) is 0 Å². The first-order valence-electron chi connectivity index (χ1n) is 5.98. The van der Waals surface area contributed by atoms with Gasteiger partial charge in [-0.05, 0) is 26.3 Å². The third-order valence-electron chi connectivity index (χ3n) is 3.22. The Morgan fingerprint density at radius 2 is 2.22 bits per heavy atom. The Morgan fingerprint density at radius 3 is 2.83 bits per heavy atom. The number of sulfonamides is 1. The summed E-state index contributed by atoms with van der Waals surface area (Å²) >= 11 is 0. The number of rotatable bonds is 3. The van der Waals surface area contributed by atoms with Gasteiger partial charge in [0.2, 0.25) is 16.0 Å². The molecule has 1 aliphatic rings. The molecule has 1 aromatic heterocycles. The van der Waals surface area contributed by atoms with Crippen LogP contribution < -0.4 is 5.73 Å². The summed E-state index contributed by atoms with van der Waals surface area (Å²) in [6.45, 7) is 4.43. The molecule has 0 aliphatic carbocycles. The highest BCUT2D eigenvalue weighted by Crippen LogP contribution is 2.28. The van der Waals surface area contributed by atoms with Gasteiger partial charge in [0.05, 0.1) is 10.9 Å². The van der Waals surface area contributed by atoms with Crippen LogP contribution in [0.4, 0.5) is 5.95 Å². The second-order valence-electron chi connectivity index (χ2n) is 4.78. The molecule has 2 rings (SSSR count). The topological polar surface area (TPSA) is 89.2 Å². The summed E-state index contributed by atoms with van der Waals surface area (Å²) in [7, 11) is -3.17. The van der Waals surface area contributed by atoms with E-state index in [4.69, 9.17) is 5.73 Å². The summed E-state index contributed by atoms with van der Waals surface area (Å²) in [5.41, 5.74) is 6.36. The van der Waals surface area contributed by atoms with Gasteiger partial charge in [-0.25, -0.2) is 22.7 Å². The molecule has 1 aromatic rings. The minimum absolute atomic E-state index is 0.115. The molecule has 0 saturated carbocycles. The van der Waals surface area contributed by atoms with Crippen molar-refractivity contribution in [2.45, 2.75) is 31.4 Å². The molecule has 2 heterocycles. The van der Waals surface area contributed by atoms with Gasteiger partial charge in [0, 0.05) is 25.2 Å². The number of anilines is 1. The lowest BCUT2D eigenvalue weighted by Crippen LogP contribution is -2.34. The summed E-state index contributed by atoms with van der Waals surface area (Å²) < 4.78 is 25.6. The molecule has 0 radical (unpaired) electrons. The van der Waals surface area contributed by atoms with Gasteiger partial charge in [0.15, 0.2) is 0 Å². The van der Waals surface area contributed by atoms with Crippen molar-refractivity contribution in [1.82, 2.24) is 14.3 Å². The summed E-state index contributed by atoms with van der Waals surface area (Å²) in [5, 5.41) is -0.383. The van der Waals surface area contributed by atoms with Crippen molar-refractivity contribution in [2.24, 2.45) is 0 Å². The SMILES string of the molecule is CC(C)S(=O)(=O)N1CCC(c2ccnc(N)n2)C1. The molecule has 2 N–H and O–H groups in total. The lowest BCUT2D eigenvalue weighted by atomic mass is 10.1. The summed E-state index contributed by atoms with van der Waals surface area (Å²) in [6, 6.07) is 1.80. The standard InChI is InChI=1S/C11H18N4O2S/c1-8(2)18(16,17)15-6-4-9(7-15)10-3-5-13-11(12)14-10/h3,5,8-9H,4,6-7H2,1-2H3,(H2,12,13,14). The number of aromatic nitrogens is 2. The van der Waals surface area contributed by atoms with Crippen molar-refractivity contribution in [2.75, 3.05) is 18.8 Å². The third kappa shape index (κ3) is 2.46.